The molecule has 0 aliphatic rings. The second-order valence-electron chi connectivity index (χ2n) is 4.58. The van der Waals surface area contributed by atoms with Crippen molar-refractivity contribution in [1.82, 2.24) is 4.57 Å². The number of hydrogen-bond acceptors (Lipinski definition) is 3. The van der Waals surface area contributed by atoms with E-state index >= 15 is 0 Å². The summed E-state index contributed by atoms with van der Waals surface area (Å²) >= 11 is 0. The van der Waals surface area contributed by atoms with Crippen LogP contribution in [-0.4, -0.2) is 13.0 Å². The van der Waals surface area contributed by atoms with Crippen LogP contribution in [0, 0.1) is 6.92 Å². The Morgan fingerprint density at radius 1 is 1.30 bits per heavy atom. The Balaban J connectivity index is 2.36. The van der Waals surface area contributed by atoms with E-state index in [9.17, 15) is 8.42 Å². The van der Waals surface area contributed by atoms with Crippen molar-refractivity contribution < 1.29 is 8.42 Å². The van der Waals surface area contributed by atoms with E-state index in [1.54, 1.807) is 24.4 Å². The van der Waals surface area contributed by atoms with Gasteiger partial charge in [-0.1, -0.05) is 18.2 Å². The van der Waals surface area contributed by atoms with E-state index in [-0.39, 0.29) is 4.90 Å². The van der Waals surface area contributed by atoms with Gasteiger partial charge in [0.2, 0.25) is 0 Å². The summed E-state index contributed by atoms with van der Waals surface area (Å²) in [6.45, 7) is 4.81. The summed E-state index contributed by atoms with van der Waals surface area (Å²) in [7, 11) is -3.58. The number of rotatable bonds is 5. The molecule has 20 heavy (non-hydrogen) atoms. The lowest BCUT2D eigenvalue weighted by Crippen LogP contribution is -2.13. The van der Waals surface area contributed by atoms with Crippen molar-refractivity contribution in [3.05, 3.63) is 47.8 Å². The minimum Gasteiger partial charge on any atom is -0.349 e. The van der Waals surface area contributed by atoms with Gasteiger partial charge in [0.05, 0.1) is 5.69 Å². The molecule has 0 saturated carbocycles. The van der Waals surface area contributed by atoms with Gasteiger partial charge >= 0.3 is 0 Å². The van der Waals surface area contributed by atoms with Gasteiger partial charge in [-0.25, -0.2) is 8.42 Å². The summed E-state index contributed by atoms with van der Waals surface area (Å²) in [5.41, 5.74) is 7.90. The maximum absolute atomic E-state index is 12.4. The number of para-hydroxylation sites is 1. The van der Waals surface area contributed by atoms with Crippen LogP contribution in [0.3, 0.4) is 0 Å². The molecule has 0 bridgehead atoms. The van der Waals surface area contributed by atoms with Gasteiger partial charge in [0.25, 0.3) is 10.0 Å². The highest BCUT2D eigenvalue weighted by atomic mass is 32.2. The summed E-state index contributed by atoms with van der Waals surface area (Å²) in [5.74, 6) is 0. The summed E-state index contributed by atoms with van der Waals surface area (Å²) in [5, 5.41) is 0. The van der Waals surface area contributed by atoms with Crippen LogP contribution in [0.1, 0.15) is 18.2 Å². The number of nitrogens with zero attached hydrogens (tertiary/aromatic N) is 1. The Kier molecular flexibility index (Phi) is 4.15. The number of nitrogens with one attached hydrogen (secondary N) is 1. The summed E-state index contributed by atoms with van der Waals surface area (Å²) < 4.78 is 29.2. The number of sulfonamides is 1. The number of aromatic nitrogens is 1. The van der Waals surface area contributed by atoms with Crippen molar-refractivity contribution in [2.24, 2.45) is 5.73 Å². The number of nitrogens with two attached hydrogens (primary N) is 1. The molecule has 5 nitrogen and oxygen atoms in total. The first kappa shape index (κ1) is 14.6. The average Bonchev–Trinajstić information content (AvgIpc) is 2.85. The number of anilines is 1. The van der Waals surface area contributed by atoms with E-state index in [2.05, 4.69) is 4.72 Å². The molecule has 0 saturated heterocycles. The molecule has 108 valence electrons. The van der Waals surface area contributed by atoms with Crippen molar-refractivity contribution in [1.29, 1.82) is 0 Å². The first-order valence-corrected chi connectivity index (χ1v) is 7.94. The Bertz CT molecular complexity index is 683. The van der Waals surface area contributed by atoms with Gasteiger partial charge in [0.1, 0.15) is 4.90 Å². The van der Waals surface area contributed by atoms with Gasteiger partial charge in [0.15, 0.2) is 0 Å². The molecule has 0 aliphatic carbocycles. The molecule has 1 heterocycles. The van der Waals surface area contributed by atoms with Crippen LogP contribution >= 0.6 is 0 Å². The Morgan fingerprint density at radius 2 is 2.00 bits per heavy atom. The highest BCUT2D eigenvalue weighted by Crippen LogP contribution is 2.21. The van der Waals surface area contributed by atoms with E-state index in [1.165, 1.54) is 0 Å². The van der Waals surface area contributed by atoms with Crippen molar-refractivity contribution in [3.8, 4) is 0 Å². The van der Waals surface area contributed by atoms with Crippen LogP contribution in [-0.2, 0) is 23.1 Å². The Hall–Kier alpha value is -1.79. The van der Waals surface area contributed by atoms with Crippen LogP contribution < -0.4 is 10.5 Å². The maximum atomic E-state index is 12.4. The van der Waals surface area contributed by atoms with E-state index in [1.807, 2.05) is 30.5 Å². The number of hydrogen-bond donors (Lipinski definition) is 2. The van der Waals surface area contributed by atoms with Gasteiger partial charge in [-0.05, 0) is 31.5 Å². The standard InChI is InChI=1S/C14H19N3O2S/c1-3-17-10-13(8-12(17)9-15)20(18,19)16-14-7-5-4-6-11(14)2/h4-8,10,16H,3,9,15H2,1-2H3. The van der Waals surface area contributed by atoms with Gasteiger partial charge < -0.3 is 10.3 Å². The molecule has 3 N–H and O–H groups in total. The molecule has 2 rings (SSSR count). The third-order valence-electron chi connectivity index (χ3n) is 3.21. The maximum Gasteiger partial charge on any atom is 0.263 e. The predicted octanol–water partition coefficient (Wildman–Crippen LogP) is 2.08. The third kappa shape index (κ3) is 2.86. The van der Waals surface area contributed by atoms with E-state index < -0.39 is 10.0 Å². The van der Waals surface area contributed by atoms with Crippen LogP contribution in [0.25, 0.3) is 0 Å². The second-order valence-corrected chi connectivity index (χ2v) is 6.26. The zero-order valence-electron chi connectivity index (χ0n) is 11.6. The fourth-order valence-electron chi connectivity index (χ4n) is 2.03. The van der Waals surface area contributed by atoms with Crippen LogP contribution in [0.2, 0.25) is 0 Å². The molecule has 0 unspecified atom stereocenters. The van der Waals surface area contributed by atoms with Gasteiger partial charge in [0, 0.05) is 25.0 Å². The van der Waals surface area contributed by atoms with Crippen LogP contribution in [0.5, 0.6) is 0 Å². The molecular weight excluding hydrogens is 274 g/mol. The van der Waals surface area contributed by atoms with Gasteiger partial charge in [-0.3, -0.25) is 4.72 Å². The topological polar surface area (TPSA) is 77.1 Å². The van der Waals surface area contributed by atoms with E-state index in [0.717, 1.165) is 11.3 Å². The van der Waals surface area contributed by atoms with Gasteiger partial charge in [-0.15, -0.1) is 0 Å². The largest absolute Gasteiger partial charge is 0.349 e. The zero-order chi connectivity index (χ0) is 14.8. The van der Waals surface area contributed by atoms with Crippen molar-refractivity contribution in [2.75, 3.05) is 4.72 Å². The number of benzene rings is 1. The summed E-state index contributed by atoms with van der Waals surface area (Å²) in [6, 6.07) is 8.89. The quantitative estimate of drug-likeness (QED) is 0.886. The van der Waals surface area contributed by atoms with Crippen LogP contribution in [0.4, 0.5) is 5.69 Å². The molecule has 1 aromatic heterocycles. The summed E-state index contributed by atoms with van der Waals surface area (Å²) in [6.07, 6.45) is 1.61. The molecule has 0 aliphatic heterocycles. The van der Waals surface area contributed by atoms with E-state index in [0.29, 0.717) is 18.8 Å². The Labute approximate surface area is 119 Å². The zero-order valence-corrected chi connectivity index (χ0v) is 12.4. The molecule has 0 radical (unpaired) electrons. The first-order chi connectivity index (χ1) is 9.47. The lowest BCUT2D eigenvalue weighted by Gasteiger charge is -2.08. The number of aryl methyl sites for hydroxylation is 2. The van der Waals surface area contributed by atoms with Crippen molar-refractivity contribution in [2.45, 2.75) is 31.8 Å². The smallest absolute Gasteiger partial charge is 0.263 e. The fraction of sp³-hybridized carbons (Fsp3) is 0.286. The molecule has 2 aromatic rings. The van der Waals surface area contributed by atoms with Crippen LogP contribution in [0.15, 0.2) is 41.4 Å². The van der Waals surface area contributed by atoms with Crippen molar-refractivity contribution >= 4 is 15.7 Å². The molecule has 0 atom stereocenters. The Morgan fingerprint density at radius 3 is 2.55 bits per heavy atom. The molecule has 0 amide bonds. The molecule has 1 aromatic carbocycles. The highest BCUT2D eigenvalue weighted by molar-refractivity contribution is 7.92. The van der Waals surface area contributed by atoms with Gasteiger partial charge in [-0.2, -0.15) is 0 Å². The predicted molar refractivity (Wildman–Crippen MR) is 80.0 cm³/mol. The molecular formula is C14H19N3O2S. The SMILES string of the molecule is CCn1cc(S(=O)(=O)Nc2ccccc2C)cc1CN. The van der Waals surface area contributed by atoms with Crippen molar-refractivity contribution in [3.63, 3.8) is 0 Å². The molecule has 0 spiro atoms. The molecule has 0 fully saturated rings. The monoisotopic (exact) mass is 293 g/mol. The lowest BCUT2D eigenvalue weighted by molar-refractivity contribution is 0.600. The summed E-state index contributed by atoms with van der Waals surface area (Å²) in [4.78, 5) is 0.239. The fourth-order valence-corrected chi connectivity index (χ4v) is 3.22. The third-order valence-corrected chi connectivity index (χ3v) is 4.54. The first-order valence-electron chi connectivity index (χ1n) is 6.45. The second kappa shape index (κ2) is 5.68. The highest BCUT2D eigenvalue weighted by Gasteiger charge is 2.18. The average molecular weight is 293 g/mol. The van der Waals surface area contributed by atoms with E-state index in [4.69, 9.17) is 5.73 Å². The minimum absolute atomic E-state index is 0.239. The minimum atomic E-state index is -3.58. The normalized spacial score (nSPS) is 11.6. The molecule has 6 heteroatoms. The lowest BCUT2D eigenvalue weighted by atomic mass is 10.2.